The van der Waals surface area contributed by atoms with Crippen LogP contribution in [0.5, 0.6) is 5.75 Å². The van der Waals surface area contributed by atoms with E-state index in [1.54, 1.807) is 23.6 Å². The number of aryl methyl sites for hydroxylation is 1. The molecule has 0 saturated carbocycles. The number of carbonyl (C=O) groups is 2. The lowest BCUT2D eigenvalue weighted by molar-refractivity contribution is -0.131. The Kier molecular flexibility index (Phi) is 3.72. The average Bonchev–Trinajstić information content (AvgIpc) is 3.02. The number of ketones is 1. The lowest BCUT2D eigenvalue weighted by atomic mass is 10.2. The number of thiazole rings is 1. The Balaban J connectivity index is 2.18. The van der Waals surface area contributed by atoms with Crippen LogP contribution in [0.15, 0.2) is 23.6 Å². The minimum absolute atomic E-state index is 0.196. The van der Waals surface area contributed by atoms with Gasteiger partial charge in [-0.2, -0.15) is 0 Å². The molecule has 0 aliphatic carbocycles. The summed E-state index contributed by atoms with van der Waals surface area (Å²) in [6.45, 7) is 3.10. The molecule has 0 spiro atoms. The monoisotopic (exact) mass is 334 g/mol. The molecule has 0 aliphatic rings. The summed E-state index contributed by atoms with van der Waals surface area (Å²) in [7, 11) is 0. The number of aromatic amines is 1. The van der Waals surface area contributed by atoms with Crippen molar-refractivity contribution >= 4 is 45.6 Å². The van der Waals surface area contributed by atoms with Crippen molar-refractivity contribution in [3.8, 4) is 5.75 Å². The maximum absolute atomic E-state index is 12.6. The first kappa shape index (κ1) is 14.7. The van der Waals surface area contributed by atoms with E-state index in [1.165, 1.54) is 18.3 Å². The van der Waals surface area contributed by atoms with Crippen molar-refractivity contribution < 1.29 is 14.3 Å². The van der Waals surface area contributed by atoms with Gasteiger partial charge in [0.1, 0.15) is 5.69 Å². The molecule has 3 rings (SSSR count). The molecule has 0 fully saturated rings. The number of nitrogens with zero attached hydrogens (tertiary/aromatic N) is 1. The van der Waals surface area contributed by atoms with E-state index in [1.807, 2.05) is 6.92 Å². The van der Waals surface area contributed by atoms with Gasteiger partial charge in [-0.15, -0.1) is 11.3 Å². The van der Waals surface area contributed by atoms with Crippen molar-refractivity contribution in [3.63, 3.8) is 0 Å². The number of ether oxygens (including phenoxy) is 1. The van der Waals surface area contributed by atoms with E-state index in [-0.39, 0.29) is 17.2 Å². The van der Waals surface area contributed by atoms with Crippen LogP contribution in [0, 0.1) is 6.92 Å². The molecule has 1 aromatic carbocycles. The van der Waals surface area contributed by atoms with Gasteiger partial charge >= 0.3 is 5.97 Å². The number of carbonyl (C=O) groups excluding carboxylic acids is 2. The standard InChI is InChI=1S/C15H11ClN2O3S/c1-7-6-22-15(17-7)13(20)12-14(21-8(2)19)10-4-3-9(16)5-11(10)18-12/h3-6,18H,1-2H3. The largest absolute Gasteiger partial charge is 0.424 e. The second-order valence-corrected chi connectivity index (χ2v) is 6.03. The third-order valence-corrected chi connectivity index (χ3v) is 4.19. The van der Waals surface area contributed by atoms with Crippen LogP contribution in [0.1, 0.15) is 28.1 Å². The Morgan fingerprint density at radius 3 is 2.77 bits per heavy atom. The van der Waals surface area contributed by atoms with Crippen molar-refractivity contribution in [2.45, 2.75) is 13.8 Å². The summed E-state index contributed by atoms with van der Waals surface area (Å²) in [5, 5.41) is 3.27. The van der Waals surface area contributed by atoms with Crippen LogP contribution < -0.4 is 4.74 Å². The summed E-state index contributed by atoms with van der Waals surface area (Å²) >= 11 is 7.21. The molecule has 0 unspecified atom stereocenters. The highest BCUT2D eigenvalue weighted by Gasteiger charge is 2.23. The summed E-state index contributed by atoms with van der Waals surface area (Å²) in [5.74, 6) is -0.612. The van der Waals surface area contributed by atoms with Gasteiger partial charge in [0.25, 0.3) is 0 Å². The van der Waals surface area contributed by atoms with Gasteiger partial charge in [-0.3, -0.25) is 9.59 Å². The summed E-state index contributed by atoms with van der Waals surface area (Å²) in [5.41, 5.74) is 1.59. The minimum Gasteiger partial charge on any atom is -0.424 e. The van der Waals surface area contributed by atoms with E-state index in [9.17, 15) is 9.59 Å². The van der Waals surface area contributed by atoms with E-state index in [4.69, 9.17) is 16.3 Å². The van der Waals surface area contributed by atoms with E-state index >= 15 is 0 Å². The Morgan fingerprint density at radius 2 is 2.14 bits per heavy atom. The zero-order valence-electron chi connectivity index (χ0n) is 11.8. The first-order valence-electron chi connectivity index (χ1n) is 6.42. The van der Waals surface area contributed by atoms with Crippen molar-refractivity contribution in [1.82, 2.24) is 9.97 Å². The fraction of sp³-hybridized carbons (Fsp3) is 0.133. The Labute approximate surface area is 134 Å². The van der Waals surface area contributed by atoms with Gasteiger partial charge in [0.15, 0.2) is 10.8 Å². The smallest absolute Gasteiger partial charge is 0.308 e. The van der Waals surface area contributed by atoms with Crippen LogP contribution in [0.2, 0.25) is 5.02 Å². The quantitative estimate of drug-likeness (QED) is 0.585. The predicted octanol–water partition coefficient (Wildman–Crippen LogP) is 3.74. The van der Waals surface area contributed by atoms with E-state index < -0.39 is 5.97 Å². The van der Waals surface area contributed by atoms with Crippen molar-refractivity contribution in [1.29, 1.82) is 0 Å². The zero-order valence-corrected chi connectivity index (χ0v) is 13.3. The van der Waals surface area contributed by atoms with Gasteiger partial charge in [0.05, 0.1) is 5.52 Å². The molecule has 3 aromatic rings. The van der Waals surface area contributed by atoms with Crippen molar-refractivity contribution in [2.24, 2.45) is 0 Å². The SMILES string of the molecule is CC(=O)Oc1c(C(=O)c2nc(C)cs2)[nH]c2cc(Cl)ccc12. The maximum atomic E-state index is 12.6. The summed E-state index contributed by atoms with van der Waals surface area (Å²) in [4.78, 5) is 31.1. The Hall–Kier alpha value is -2.18. The number of halogens is 1. The van der Waals surface area contributed by atoms with Crippen molar-refractivity contribution in [2.75, 3.05) is 0 Å². The van der Waals surface area contributed by atoms with Gasteiger partial charge < -0.3 is 9.72 Å². The molecule has 0 aliphatic heterocycles. The molecule has 2 aromatic heterocycles. The molecule has 5 nitrogen and oxygen atoms in total. The second kappa shape index (κ2) is 5.55. The molecule has 22 heavy (non-hydrogen) atoms. The summed E-state index contributed by atoms with van der Waals surface area (Å²) in [6.07, 6.45) is 0. The van der Waals surface area contributed by atoms with Crippen molar-refractivity contribution in [3.05, 3.63) is 45.0 Å². The number of hydrogen-bond acceptors (Lipinski definition) is 5. The minimum atomic E-state index is -0.500. The lowest BCUT2D eigenvalue weighted by Crippen LogP contribution is -2.08. The molecule has 0 bridgehead atoms. The van der Waals surface area contributed by atoms with Gasteiger partial charge in [-0.05, 0) is 25.1 Å². The number of fused-ring (bicyclic) bond motifs is 1. The predicted molar refractivity (Wildman–Crippen MR) is 84.9 cm³/mol. The number of H-pyrrole nitrogens is 1. The fourth-order valence-corrected chi connectivity index (χ4v) is 3.03. The molecule has 112 valence electrons. The van der Waals surface area contributed by atoms with Gasteiger partial charge in [-0.1, -0.05) is 11.6 Å². The first-order valence-corrected chi connectivity index (χ1v) is 7.68. The van der Waals surface area contributed by atoms with Crippen LogP contribution in [0.3, 0.4) is 0 Å². The highest BCUT2D eigenvalue weighted by Crippen LogP contribution is 2.33. The third-order valence-electron chi connectivity index (χ3n) is 3.00. The molecule has 0 radical (unpaired) electrons. The lowest BCUT2D eigenvalue weighted by Gasteiger charge is -2.02. The molecule has 0 saturated heterocycles. The van der Waals surface area contributed by atoms with E-state index in [2.05, 4.69) is 9.97 Å². The molecule has 0 amide bonds. The van der Waals surface area contributed by atoms with Gasteiger partial charge in [-0.25, -0.2) is 4.98 Å². The first-order chi connectivity index (χ1) is 10.5. The normalized spacial score (nSPS) is 10.9. The van der Waals surface area contributed by atoms with E-state index in [0.29, 0.717) is 20.9 Å². The Morgan fingerprint density at radius 1 is 1.36 bits per heavy atom. The molecule has 0 atom stereocenters. The zero-order chi connectivity index (χ0) is 15.9. The molecule has 1 N–H and O–H groups in total. The van der Waals surface area contributed by atoms with Gasteiger partial charge in [0, 0.05) is 28.4 Å². The van der Waals surface area contributed by atoms with Crippen LogP contribution >= 0.6 is 22.9 Å². The number of esters is 1. The topological polar surface area (TPSA) is 72.1 Å². The number of hydrogen-bond donors (Lipinski definition) is 1. The van der Waals surface area contributed by atoms with Crippen LogP contribution in [0.25, 0.3) is 10.9 Å². The highest BCUT2D eigenvalue weighted by molar-refractivity contribution is 7.12. The second-order valence-electron chi connectivity index (χ2n) is 4.74. The summed E-state index contributed by atoms with van der Waals surface area (Å²) < 4.78 is 5.23. The Bertz CT molecular complexity index is 897. The van der Waals surface area contributed by atoms with Crippen LogP contribution in [-0.2, 0) is 4.79 Å². The maximum Gasteiger partial charge on any atom is 0.308 e. The van der Waals surface area contributed by atoms with Crippen LogP contribution in [0.4, 0.5) is 0 Å². The molecular formula is C15H11ClN2O3S. The fourth-order valence-electron chi connectivity index (χ4n) is 2.12. The van der Waals surface area contributed by atoms with E-state index in [0.717, 1.165) is 5.69 Å². The number of aromatic nitrogens is 2. The molecule has 7 heteroatoms. The summed E-state index contributed by atoms with van der Waals surface area (Å²) in [6, 6.07) is 5.05. The molecule has 2 heterocycles. The average molecular weight is 335 g/mol. The number of rotatable bonds is 3. The van der Waals surface area contributed by atoms with Gasteiger partial charge in [0.2, 0.25) is 5.78 Å². The number of benzene rings is 1. The highest BCUT2D eigenvalue weighted by atomic mass is 35.5. The van der Waals surface area contributed by atoms with Crippen LogP contribution in [-0.4, -0.2) is 21.7 Å². The molecular weight excluding hydrogens is 324 g/mol. The number of nitrogens with one attached hydrogen (secondary N) is 1. The third kappa shape index (κ3) is 2.63.